The number of aromatic nitrogens is 2. The monoisotopic (exact) mass is 314 g/mol. The summed E-state index contributed by atoms with van der Waals surface area (Å²) < 4.78 is 1.01. The molecule has 0 bridgehead atoms. The molecule has 0 atom stereocenters. The lowest BCUT2D eigenvalue weighted by Gasteiger charge is -2.47. The molecule has 1 N–H and O–H groups in total. The van der Waals surface area contributed by atoms with Gasteiger partial charge in [0.2, 0.25) is 5.91 Å². The molecule has 2 rings (SSSR count). The number of carbonyl (C=O) groups excluding carboxylic acids is 1. The largest absolute Gasteiger partial charge is 0.346 e. The number of nitrogens with zero attached hydrogens (tertiary/aromatic N) is 3. The second-order valence-electron chi connectivity index (χ2n) is 5.39. The number of nitrogens with one attached hydrogen (secondary N) is 1. The first-order valence-electron chi connectivity index (χ1n) is 6.06. The van der Waals surface area contributed by atoms with Gasteiger partial charge in [-0.25, -0.2) is 0 Å². The predicted octanol–water partition coefficient (Wildman–Crippen LogP) is 1.93. The van der Waals surface area contributed by atoms with Crippen molar-refractivity contribution < 1.29 is 4.79 Å². The molecular weight excluding hydrogens is 296 g/mol. The number of anilines is 1. The first-order chi connectivity index (χ1) is 8.33. The molecule has 2 heterocycles. The fraction of sp³-hybridized carbons (Fsp3) is 0.667. The molecular formula is C12H19BrN4O. The van der Waals surface area contributed by atoms with Gasteiger partial charge in [-0.3, -0.25) is 9.89 Å². The average Bonchev–Trinajstić information content (AvgIpc) is 2.59. The average molecular weight is 315 g/mol. The van der Waals surface area contributed by atoms with Gasteiger partial charge >= 0.3 is 0 Å². The summed E-state index contributed by atoms with van der Waals surface area (Å²) in [6, 6.07) is 0. The Morgan fingerprint density at radius 2 is 2.11 bits per heavy atom. The smallest absolute Gasteiger partial charge is 0.219 e. The Balaban J connectivity index is 2.26. The van der Waals surface area contributed by atoms with Gasteiger partial charge in [-0.1, -0.05) is 0 Å². The Morgan fingerprint density at radius 3 is 2.56 bits per heavy atom. The molecule has 0 saturated carbocycles. The third-order valence-corrected chi connectivity index (χ3v) is 4.41. The van der Waals surface area contributed by atoms with Crippen LogP contribution < -0.4 is 4.90 Å². The highest BCUT2D eigenvalue weighted by Crippen LogP contribution is 2.33. The molecule has 0 radical (unpaired) electrons. The Labute approximate surface area is 116 Å². The summed E-state index contributed by atoms with van der Waals surface area (Å²) in [6.45, 7) is 10.2. The van der Waals surface area contributed by atoms with Gasteiger partial charge in [0, 0.05) is 32.3 Å². The minimum Gasteiger partial charge on any atom is -0.346 e. The lowest BCUT2D eigenvalue weighted by Crippen LogP contribution is -2.60. The number of hydrogen-bond donors (Lipinski definition) is 1. The summed E-state index contributed by atoms with van der Waals surface area (Å²) in [6.07, 6.45) is 0. The van der Waals surface area contributed by atoms with Crippen molar-refractivity contribution in [3.05, 3.63) is 10.2 Å². The van der Waals surface area contributed by atoms with E-state index in [1.165, 1.54) is 0 Å². The number of piperazine rings is 1. The molecule has 0 aromatic carbocycles. The number of H-pyrrole nitrogens is 1. The van der Waals surface area contributed by atoms with Crippen molar-refractivity contribution in [2.45, 2.75) is 33.2 Å². The second kappa shape index (κ2) is 4.57. The quantitative estimate of drug-likeness (QED) is 0.861. The Kier molecular flexibility index (Phi) is 3.40. The van der Waals surface area contributed by atoms with Gasteiger partial charge in [0.1, 0.15) is 0 Å². The van der Waals surface area contributed by atoms with Gasteiger partial charge in [-0.15, -0.1) is 0 Å². The summed E-state index contributed by atoms with van der Waals surface area (Å²) in [5.41, 5.74) is 0.906. The van der Waals surface area contributed by atoms with Crippen LogP contribution in [0.5, 0.6) is 0 Å². The van der Waals surface area contributed by atoms with Gasteiger partial charge < -0.3 is 9.80 Å². The standard InChI is InChI=1S/C12H19BrN4O/c1-8-10(13)11(15-14-8)17-6-5-16(9(2)18)7-12(17,3)4/h5-7H2,1-4H3,(H,14,15). The van der Waals surface area contributed by atoms with Crippen molar-refractivity contribution in [1.29, 1.82) is 0 Å². The van der Waals surface area contributed by atoms with Gasteiger partial charge in [-0.2, -0.15) is 5.10 Å². The number of hydrogen-bond acceptors (Lipinski definition) is 3. The fourth-order valence-corrected chi connectivity index (χ4v) is 2.79. The summed E-state index contributed by atoms with van der Waals surface area (Å²) in [5, 5.41) is 7.34. The van der Waals surface area contributed by atoms with E-state index in [-0.39, 0.29) is 11.4 Å². The molecule has 6 heteroatoms. The summed E-state index contributed by atoms with van der Waals surface area (Å²) in [5.74, 6) is 1.07. The molecule has 1 amide bonds. The van der Waals surface area contributed by atoms with E-state index in [4.69, 9.17) is 0 Å². The zero-order valence-electron chi connectivity index (χ0n) is 11.2. The van der Waals surface area contributed by atoms with Crippen molar-refractivity contribution in [3.63, 3.8) is 0 Å². The Hall–Kier alpha value is -1.04. The van der Waals surface area contributed by atoms with Crippen LogP contribution in [0.3, 0.4) is 0 Å². The zero-order valence-corrected chi connectivity index (χ0v) is 12.8. The fourth-order valence-electron chi connectivity index (χ4n) is 2.40. The van der Waals surface area contributed by atoms with Crippen LogP contribution in [0.25, 0.3) is 0 Å². The number of rotatable bonds is 1. The van der Waals surface area contributed by atoms with Crippen molar-refractivity contribution in [2.24, 2.45) is 0 Å². The van der Waals surface area contributed by atoms with Crippen LogP contribution in [-0.4, -0.2) is 46.2 Å². The Bertz CT molecular complexity index is 469. The number of aromatic amines is 1. The lowest BCUT2D eigenvalue weighted by atomic mass is 9.98. The summed E-state index contributed by atoms with van der Waals surface area (Å²) in [4.78, 5) is 15.6. The first kappa shape index (κ1) is 13.4. The summed E-state index contributed by atoms with van der Waals surface area (Å²) >= 11 is 3.57. The molecule has 100 valence electrons. The van der Waals surface area contributed by atoms with Gasteiger partial charge in [0.05, 0.1) is 10.0 Å². The number of carbonyl (C=O) groups is 1. The topological polar surface area (TPSA) is 52.2 Å². The van der Waals surface area contributed by atoms with Crippen LogP contribution in [0.4, 0.5) is 5.82 Å². The third-order valence-electron chi connectivity index (χ3n) is 3.46. The van der Waals surface area contributed by atoms with E-state index in [2.05, 4.69) is 44.9 Å². The maximum atomic E-state index is 11.5. The maximum Gasteiger partial charge on any atom is 0.219 e. The first-order valence-corrected chi connectivity index (χ1v) is 6.86. The minimum atomic E-state index is -0.117. The van der Waals surface area contributed by atoms with E-state index in [1.807, 2.05) is 11.8 Å². The van der Waals surface area contributed by atoms with Crippen molar-refractivity contribution in [2.75, 3.05) is 24.5 Å². The van der Waals surface area contributed by atoms with E-state index in [0.717, 1.165) is 35.6 Å². The zero-order chi connectivity index (χ0) is 13.5. The highest BCUT2D eigenvalue weighted by atomic mass is 79.9. The molecule has 1 saturated heterocycles. The van der Waals surface area contributed by atoms with Gasteiger partial charge in [0.25, 0.3) is 0 Å². The molecule has 0 aliphatic carbocycles. The Morgan fingerprint density at radius 1 is 1.44 bits per heavy atom. The highest BCUT2D eigenvalue weighted by Gasteiger charge is 2.36. The molecule has 18 heavy (non-hydrogen) atoms. The summed E-state index contributed by atoms with van der Waals surface area (Å²) in [7, 11) is 0. The maximum absolute atomic E-state index is 11.5. The van der Waals surface area contributed by atoms with Crippen molar-refractivity contribution in [1.82, 2.24) is 15.1 Å². The number of aryl methyl sites for hydroxylation is 1. The molecule has 5 nitrogen and oxygen atoms in total. The lowest BCUT2D eigenvalue weighted by molar-refractivity contribution is -0.130. The third kappa shape index (κ3) is 2.25. The second-order valence-corrected chi connectivity index (χ2v) is 6.18. The van der Waals surface area contributed by atoms with Crippen molar-refractivity contribution in [3.8, 4) is 0 Å². The van der Waals surface area contributed by atoms with Crippen LogP contribution >= 0.6 is 15.9 Å². The van der Waals surface area contributed by atoms with Crippen LogP contribution in [-0.2, 0) is 4.79 Å². The molecule has 0 unspecified atom stereocenters. The van der Waals surface area contributed by atoms with E-state index in [0.29, 0.717) is 0 Å². The molecule has 1 fully saturated rings. The molecule has 1 aliphatic rings. The molecule has 1 aromatic heterocycles. The van der Waals surface area contributed by atoms with Crippen LogP contribution in [0, 0.1) is 6.92 Å². The van der Waals surface area contributed by atoms with Crippen LogP contribution in [0.2, 0.25) is 0 Å². The van der Waals surface area contributed by atoms with E-state index < -0.39 is 0 Å². The normalized spacial score (nSPS) is 19.2. The minimum absolute atomic E-state index is 0.117. The van der Waals surface area contributed by atoms with Gasteiger partial charge in [0.15, 0.2) is 5.82 Å². The number of halogens is 1. The van der Waals surface area contributed by atoms with Crippen LogP contribution in [0.15, 0.2) is 4.47 Å². The van der Waals surface area contributed by atoms with Crippen molar-refractivity contribution >= 4 is 27.7 Å². The molecule has 0 spiro atoms. The SMILES string of the molecule is CC(=O)N1CCN(c2n[nH]c(C)c2Br)C(C)(C)C1. The predicted molar refractivity (Wildman–Crippen MR) is 74.7 cm³/mol. The molecule has 1 aromatic rings. The number of amides is 1. The van der Waals surface area contributed by atoms with E-state index in [9.17, 15) is 4.79 Å². The molecule has 1 aliphatic heterocycles. The van der Waals surface area contributed by atoms with E-state index in [1.54, 1.807) is 6.92 Å². The van der Waals surface area contributed by atoms with Crippen LogP contribution in [0.1, 0.15) is 26.5 Å². The van der Waals surface area contributed by atoms with E-state index >= 15 is 0 Å². The van der Waals surface area contributed by atoms with Gasteiger partial charge in [-0.05, 0) is 36.7 Å². The highest BCUT2D eigenvalue weighted by molar-refractivity contribution is 9.10.